The Labute approximate surface area is 198 Å². The van der Waals surface area contributed by atoms with Crippen LogP contribution in [-0.4, -0.2) is 70.8 Å². The summed E-state index contributed by atoms with van der Waals surface area (Å²) in [5, 5.41) is 14.3. The topological polar surface area (TPSA) is 111 Å². The Kier molecular flexibility index (Phi) is 9.34. The number of cyclic esters (lactones) is 1. The first-order valence-corrected chi connectivity index (χ1v) is 11.5. The maximum Gasteiger partial charge on any atom is 0.321 e. The van der Waals surface area contributed by atoms with Crippen LogP contribution in [0.4, 0.5) is 14.9 Å². The smallest absolute Gasteiger partial charge is 0.321 e. The second-order valence-electron chi connectivity index (χ2n) is 8.72. The molecule has 3 rings (SSSR count). The lowest BCUT2D eigenvalue weighted by molar-refractivity contribution is -0.144. The number of carbonyl (C=O) groups excluding carboxylic acids is 2. The number of benzene rings is 1. The zero-order valence-corrected chi connectivity index (χ0v) is 19.9. The van der Waals surface area contributed by atoms with E-state index < -0.39 is 5.82 Å². The fourth-order valence-corrected chi connectivity index (χ4v) is 3.49. The molecule has 34 heavy (non-hydrogen) atoms. The number of anilines is 1. The first kappa shape index (κ1) is 25.6. The van der Waals surface area contributed by atoms with Gasteiger partial charge in [-0.05, 0) is 37.5 Å². The van der Waals surface area contributed by atoms with Crippen molar-refractivity contribution >= 4 is 17.7 Å². The Bertz CT molecular complexity index is 955. The zero-order valence-electron chi connectivity index (χ0n) is 19.9. The summed E-state index contributed by atoms with van der Waals surface area (Å²) in [6.07, 6.45) is 2.40. The zero-order chi connectivity index (χ0) is 24.5. The van der Waals surface area contributed by atoms with Crippen LogP contribution in [0.5, 0.6) is 0 Å². The normalized spacial score (nSPS) is 22.6. The Morgan fingerprint density at radius 3 is 3.00 bits per heavy atom. The number of aromatic nitrogens is 3. The third kappa shape index (κ3) is 8.07. The minimum Gasteiger partial charge on any atom is -0.464 e. The van der Waals surface area contributed by atoms with Crippen LogP contribution in [0.1, 0.15) is 32.4 Å². The summed E-state index contributed by atoms with van der Waals surface area (Å²) in [5.41, 5.74) is 1.05. The molecule has 0 saturated heterocycles. The number of rotatable bonds is 3. The van der Waals surface area contributed by atoms with E-state index in [1.807, 2.05) is 13.8 Å². The van der Waals surface area contributed by atoms with Crippen molar-refractivity contribution in [3.63, 3.8) is 0 Å². The standard InChI is InChI=1S/C23H33FN6O4/c1-16-11-25-17(2)14-34-22(31)8-5-9-30-12-20(27-28-30)15-33-21(16)13-29(3)23(32)26-19-7-4-6-18(24)10-19/h4,6-7,10,12,16-17,21,25H,5,8-9,11,13-15H2,1-3H3,(H,26,32)/t16-,17+,21-/m1/s1. The molecule has 2 N–H and O–H groups in total. The Morgan fingerprint density at radius 1 is 1.38 bits per heavy atom. The second kappa shape index (κ2) is 12.4. The molecule has 1 aliphatic rings. The number of urea groups is 1. The van der Waals surface area contributed by atoms with Gasteiger partial charge in [-0.1, -0.05) is 18.2 Å². The van der Waals surface area contributed by atoms with Crippen molar-refractivity contribution < 1.29 is 23.5 Å². The molecule has 186 valence electrons. The van der Waals surface area contributed by atoms with Crippen LogP contribution in [0.25, 0.3) is 0 Å². The molecule has 0 unspecified atom stereocenters. The van der Waals surface area contributed by atoms with E-state index in [9.17, 15) is 14.0 Å². The number of nitrogens with zero attached hydrogens (tertiary/aromatic N) is 4. The van der Waals surface area contributed by atoms with Gasteiger partial charge in [0.1, 0.15) is 18.1 Å². The molecule has 1 aliphatic heterocycles. The number of ether oxygens (including phenoxy) is 2. The van der Waals surface area contributed by atoms with E-state index in [1.165, 1.54) is 23.1 Å². The van der Waals surface area contributed by atoms with E-state index >= 15 is 0 Å². The SMILES string of the molecule is C[C@@H]1CN[C@@H](C)COC(=O)CCCn2cc(nn2)CO[C@@H]1CN(C)C(=O)Nc1cccc(F)c1. The van der Waals surface area contributed by atoms with Gasteiger partial charge >= 0.3 is 12.0 Å². The van der Waals surface area contributed by atoms with E-state index in [-0.39, 0.29) is 43.3 Å². The average molecular weight is 477 g/mol. The Balaban J connectivity index is 1.66. The molecular weight excluding hydrogens is 443 g/mol. The van der Waals surface area contributed by atoms with Gasteiger partial charge in [0, 0.05) is 44.8 Å². The molecule has 2 bridgehead atoms. The lowest BCUT2D eigenvalue weighted by atomic mass is 10.0. The van der Waals surface area contributed by atoms with Crippen LogP contribution < -0.4 is 10.6 Å². The Hall–Kier alpha value is -3.05. The predicted molar refractivity (Wildman–Crippen MR) is 123 cm³/mol. The highest BCUT2D eigenvalue weighted by Crippen LogP contribution is 2.14. The first-order valence-electron chi connectivity index (χ1n) is 11.5. The van der Waals surface area contributed by atoms with Crippen molar-refractivity contribution in [2.45, 2.75) is 52.0 Å². The number of hydrogen-bond donors (Lipinski definition) is 2. The summed E-state index contributed by atoms with van der Waals surface area (Å²) in [6, 6.07) is 5.35. The van der Waals surface area contributed by atoms with Crippen LogP contribution in [0.15, 0.2) is 30.5 Å². The highest BCUT2D eigenvalue weighted by Gasteiger charge is 2.24. The van der Waals surface area contributed by atoms with Gasteiger partial charge in [0.2, 0.25) is 0 Å². The summed E-state index contributed by atoms with van der Waals surface area (Å²) < 4.78 is 26.6. The second-order valence-corrected chi connectivity index (χ2v) is 8.72. The molecule has 3 atom stereocenters. The molecule has 0 saturated carbocycles. The molecule has 0 fully saturated rings. The number of aryl methyl sites for hydroxylation is 1. The number of esters is 1. The van der Waals surface area contributed by atoms with E-state index in [1.54, 1.807) is 24.0 Å². The van der Waals surface area contributed by atoms with Crippen LogP contribution in [0, 0.1) is 11.7 Å². The van der Waals surface area contributed by atoms with Gasteiger partial charge in [0.15, 0.2) is 0 Å². The highest BCUT2D eigenvalue weighted by molar-refractivity contribution is 5.89. The third-order valence-electron chi connectivity index (χ3n) is 5.59. The summed E-state index contributed by atoms with van der Waals surface area (Å²) in [7, 11) is 1.66. The molecule has 1 aromatic heterocycles. The monoisotopic (exact) mass is 476 g/mol. The largest absolute Gasteiger partial charge is 0.464 e. The van der Waals surface area contributed by atoms with Gasteiger partial charge in [0.05, 0.1) is 18.9 Å². The number of likely N-dealkylation sites (N-methyl/N-ethyl adjacent to an activating group) is 1. The van der Waals surface area contributed by atoms with Gasteiger partial charge in [-0.25, -0.2) is 9.18 Å². The van der Waals surface area contributed by atoms with Gasteiger partial charge in [-0.15, -0.1) is 5.10 Å². The highest BCUT2D eigenvalue weighted by atomic mass is 19.1. The number of fused-ring (bicyclic) bond motifs is 2. The lowest BCUT2D eigenvalue weighted by Gasteiger charge is -2.30. The van der Waals surface area contributed by atoms with Crippen LogP contribution in [-0.2, 0) is 27.4 Å². The average Bonchev–Trinajstić information content (AvgIpc) is 3.25. The van der Waals surface area contributed by atoms with E-state index in [2.05, 4.69) is 20.9 Å². The van der Waals surface area contributed by atoms with Crippen molar-refractivity contribution in [2.75, 3.05) is 32.1 Å². The summed E-state index contributed by atoms with van der Waals surface area (Å²) in [4.78, 5) is 26.1. The number of halogens is 1. The van der Waals surface area contributed by atoms with Gasteiger partial charge in [-0.3, -0.25) is 9.48 Å². The molecule has 1 aromatic carbocycles. The van der Waals surface area contributed by atoms with Crippen molar-refractivity contribution in [1.82, 2.24) is 25.2 Å². The predicted octanol–water partition coefficient (Wildman–Crippen LogP) is 2.42. The summed E-state index contributed by atoms with van der Waals surface area (Å²) >= 11 is 0. The van der Waals surface area contributed by atoms with Crippen LogP contribution in [0.3, 0.4) is 0 Å². The molecule has 2 aromatic rings. The van der Waals surface area contributed by atoms with Crippen molar-refractivity contribution in [3.05, 3.63) is 42.0 Å². The maximum atomic E-state index is 13.4. The summed E-state index contributed by atoms with van der Waals surface area (Å²) in [5.74, 6) is -0.638. The quantitative estimate of drug-likeness (QED) is 0.655. The van der Waals surface area contributed by atoms with Crippen LogP contribution in [0.2, 0.25) is 0 Å². The maximum absolute atomic E-state index is 13.4. The molecule has 0 radical (unpaired) electrons. The first-order chi connectivity index (χ1) is 16.3. The fraction of sp³-hybridized carbons (Fsp3) is 0.565. The number of nitrogens with one attached hydrogen (secondary N) is 2. The third-order valence-corrected chi connectivity index (χ3v) is 5.59. The molecule has 0 spiro atoms. The van der Waals surface area contributed by atoms with Gasteiger partial charge in [0.25, 0.3) is 0 Å². The van der Waals surface area contributed by atoms with E-state index in [0.29, 0.717) is 43.9 Å². The summed E-state index contributed by atoms with van der Waals surface area (Å²) in [6.45, 7) is 5.95. The van der Waals surface area contributed by atoms with Gasteiger partial charge < -0.3 is 25.0 Å². The number of amides is 2. The van der Waals surface area contributed by atoms with E-state index in [4.69, 9.17) is 9.47 Å². The molecule has 2 amide bonds. The number of hydrogen-bond acceptors (Lipinski definition) is 7. The molecule has 2 heterocycles. The van der Waals surface area contributed by atoms with Crippen LogP contribution >= 0.6 is 0 Å². The van der Waals surface area contributed by atoms with E-state index in [0.717, 1.165) is 0 Å². The molecule has 0 aliphatic carbocycles. The van der Waals surface area contributed by atoms with Crippen molar-refractivity contribution in [2.24, 2.45) is 5.92 Å². The minimum absolute atomic E-state index is 0.0190. The number of carbonyl (C=O) groups is 2. The minimum atomic E-state index is -0.422. The lowest BCUT2D eigenvalue weighted by Crippen LogP contribution is -2.44. The molecular formula is C23H33FN6O4. The molecule has 11 heteroatoms. The Morgan fingerprint density at radius 2 is 2.21 bits per heavy atom. The van der Waals surface area contributed by atoms with Crippen molar-refractivity contribution in [1.29, 1.82) is 0 Å². The van der Waals surface area contributed by atoms with Gasteiger partial charge in [-0.2, -0.15) is 0 Å². The fourth-order valence-electron chi connectivity index (χ4n) is 3.49. The van der Waals surface area contributed by atoms with Crippen molar-refractivity contribution in [3.8, 4) is 0 Å². The molecule has 10 nitrogen and oxygen atoms in total.